The third kappa shape index (κ3) is 5.93. The molecule has 0 spiro atoms. The first-order valence-corrected chi connectivity index (χ1v) is 7.64. The van der Waals surface area contributed by atoms with Crippen molar-refractivity contribution in [2.45, 2.75) is 33.4 Å². The van der Waals surface area contributed by atoms with Crippen LogP contribution in [0.25, 0.3) is 0 Å². The molecule has 0 amide bonds. The number of methoxy groups -OCH3 is 1. The molecule has 0 radical (unpaired) electrons. The maximum atomic E-state index is 5.29. The summed E-state index contributed by atoms with van der Waals surface area (Å²) in [4.78, 5) is 2.43. The van der Waals surface area contributed by atoms with Gasteiger partial charge in [-0.05, 0) is 30.3 Å². The van der Waals surface area contributed by atoms with Gasteiger partial charge in [-0.2, -0.15) is 0 Å². The Kier molecular flexibility index (Phi) is 7.42. The van der Waals surface area contributed by atoms with E-state index in [1.165, 1.54) is 5.56 Å². The molecule has 1 N–H and O–H groups in total. The van der Waals surface area contributed by atoms with E-state index in [0.717, 1.165) is 36.4 Å². The zero-order valence-electron chi connectivity index (χ0n) is 12.4. The summed E-state index contributed by atoms with van der Waals surface area (Å²) in [5.41, 5.74) is 1.27. The zero-order chi connectivity index (χ0) is 14.3. The van der Waals surface area contributed by atoms with Gasteiger partial charge in [0.15, 0.2) is 0 Å². The predicted molar refractivity (Wildman–Crippen MR) is 84.8 cm³/mol. The van der Waals surface area contributed by atoms with Gasteiger partial charge in [-0.1, -0.05) is 36.7 Å². The van der Waals surface area contributed by atoms with Crippen LogP contribution in [0.2, 0.25) is 0 Å². The van der Waals surface area contributed by atoms with Crippen molar-refractivity contribution >= 4 is 15.9 Å². The minimum Gasteiger partial charge on any atom is -0.497 e. The highest BCUT2D eigenvalue weighted by molar-refractivity contribution is 9.10. The van der Waals surface area contributed by atoms with Crippen molar-refractivity contribution in [3.8, 4) is 5.75 Å². The van der Waals surface area contributed by atoms with E-state index < -0.39 is 0 Å². The average molecular weight is 329 g/mol. The average Bonchev–Trinajstić information content (AvgIpc) is 2.39. The fourth-order valence-electron chi connectivity index (χ4n) is 1.90. The largest absolute Gasteiger partial charge is 0.497 e. The van der Waals surface area contributed by atoms with Gasteiger partial charge < -0.3 is 10.1 Å². The van der Waals surface area contributed by atoms with Gasteiger partial charge in [0.2, 0.25) is 0 Å². The Labute approximate surface area is 125 Å². The smallest absolute Gasteiger partial charge is 0.119 e. The van der Waals surface area contributed by atoms with Crippen molar-refractivity contribution in [2.24, 2.45) is 0 Å². The Bertz CT molecular complexity index is 382. The van der Waals surface area contributed by atoms with E-state index in [-0.39, 0.29) is 0 Å². The van der Waals surface area contributed by atoms with E-state index in [1.54, 1.807) is 7.11 Å². The monoisotopic (exact) mass is 328 g/mol. The molecule has 0 bridgehead atoms. The van der Waals surface area contributed by atoms with Crippen LogP contribution < -0.4 is 10.1 Å². The van der Waals surface area contributed by atoms with Crippen LogP contribution in [0, 0.1) is 0 Å². The van der Waals surface area contributed by atoms with Crippen LogP contribution in [0.1, 0.15) is 26.3 Å². The number of halogens is 1. The Balaban J connectivity index is 2.59. The zero-order valence-corrected chi connectivity index (χ0v) is 14.0. The number of likely N-dealkylation sites (N-methyl/N-ethyl adjacent to an activating group) is 1. The number of rotatable bonds is 8. The Morgan fingerprint density at radius 1 is 1.37 bits per heavy atom. The molecule has 0 saturated heterocycles. The van der Waals surface area contributed by atoms with Gasteiger partial charge in [0.25, 0.3) is 0 Å². The predicted octanol–water partition coefficient (Wildman–Crippen LogP) is 3.28. The lowest BCUT2D eigenvalue weighted by molar-refractivity contribution is 0.275. The second kappa shape index (κ2) is 8.56. The first-order valence-electron chi connectivity index (χ1n) is 6.85. The number of hydrogen-bond acceptors (Lipinski definition) is 3. The minimum absolute atomic E-state index is 0.544. The molecule has 0 unspecified atom stereocenters. The Morgan fingerprint density at radius 3 is 2.68 bits per heavy atom. The first kappa shape index (κ1) is 16.5. The van der Waals surface area contributed by atoms with E-state index in [2.05, 4.69) is 53.0 Å². The van der Waals surface area contributed by atoms with E-state index in [9.17, 15) is 0 Å². The maximum absolute atomic E-state index is 5.29. The Morgan fingerprint density at radius 2 is 2.11 bits per heavy atom. The summed E-state index contributed by atoms with van der Waals surface area (Å²) in [6.07, 6.45) is 0. The van der Waals surface area contributed by atoms with Crippen LogP contribution in [0.5, 0.6) is 5.75 Å². The van der Waals surface area contributed by atoms with Crippen molar-refractivity contribution in [3.05, 3.63) is 28.2 Å². The summed E-state index contributed by atoms with van der Waals surface area (Å²) in [7, 11) is 1.71. The van der Waals surface area contributed by atoms with Gasteiger partial charge >= 0.3 is 0 Å². The molecule has 1 rings (SSSR count). The van der Waals surface area contributed by atoms with E-state index in [4.69, 9.17) is 4.74 Å². The summed E-state index contributed by atoms with van der Waals surface area (Å²) >= 11 is 3.61. The molecule has 0 aromatic heterocycles. The van der Waals surface area contributed by atoms with Crippen LogP contribution >= 0.6 is 15.9 Å². The molecule has 0 heterocycles. The molecule has 0 saturated carbocycles. The van der Waals surface area contributed by atoms with E-state index in [1.807, 2.05) is 12.1 Å². The van der Waals surface area contributed by atoms with Gasteiger partial charge in [0.1, 0.15) is 5.75 Å². The van der Waals surface area contributed by atoms with E-state index >= 15 is 0 Å². The molecule has 3 nitrogen and oxygen atoms in total. The summed E-state index contributed by atoms with van der Waals surface area (Å²) < 4.78 is 6.43. The number of nitrogens with one attached hydrogen (secondary N) is 1. The summed E-state index contributed by atoms with van der Waals surface area (Å²) in [5.74, 6) is 0.912. The molecule has 0 aliphatic carbocycles. The van der Waals surface area contributed by atoms with E-state index in [0.29, 0.717) is 6.04 Å². The molecule has 108 valence electrons. The van der Waals surface area contributed by atoms with Crippen LogP contribution in [0.4, 0.5) is 0 Å². The number of hydrogen-bond donors (Lipinski definition) is 1. The third-order valence-electron chi connectivity index (χ3n) is 3.07. The van der Waals surface area contributed by atoms with Crippen molar-refractivity contribution in [1.82, 2.24) is 10.2 Å². The fourth-order valence-corrected chi connectivity index (χ4v) is 2.27. The number of benzene rings is 1. The highest BCUT2D eigenvalue weighted by atomic mass is 79.9. The van der Waals surface area contributed by atoms with Crippen molar-refractivity contribution in [3.63, 3.8) is 0 Å². The van der Waals surface area contributed by atoms with Crippen molar-refractivity contribution in [2.75, 3.05) is 26.7 Å². The number of ether oxygens (including phenoxy) is 1. The molecule has 19 heavy (non-hydrogen) atoms. The highest BCUT2D eigenvalue weighted by Crippen LogP contribution is 2.23. The first-order chi connectivity index (χ1) is 9.06. The molecule has 0 aliphatic heterocycles. The van der Waals surface area contributed by atoms with Crippen LogP contribution in [0.15, 0.2) is 22.7 Å². The quantitative estimate of drug-likeness (QED) is 0.792. The van der Waals surface area contributed by atoms with Gasteiger partial charge in [0.05, 0.1) is 7.11 Å². The topological polar surface area (TPSA) is 24.5 Å². The van der Waals surface area contributed by atoms with Crippen molar-refractivity contribution in [1.29, 1.82) is 0 Å². The van der Waals surface area contributed by atoms with Crippen LogP contribution in [-0.4, -0.2) is 37.7 Å². The molecular formula is C15H25BrN2O. The standard InChI is InChI=1S/C15H25BrN2O/c1-5-18(9-8-17-12(2)3)11-13-10-14(19-4)6-7-15(13)16/h6-7,10,12,17H,5,8-9,11H2,1-4H3. The number of nitrogens with zero attached hydrogens (tertiary/aromatic N) is 1. The van der Waals surface area contributed by atoms with Gasteiger partial charge in [-0.15, -0.1) is 0 Å². The highest BCUT2D eigenvalue weighted by Gasteiger charge is 2.08. The summed E-state index contributed by atoms with van der Waals surface area (Å²) in [6, 6.07) is 6.67. The normalized spacial score (nSPS) is 11.3. The summed E-state index contributed by atoms with van der Waals surface area (Å²) in [6.45, 7) is 10.6. The summed E-state index contributed by atoms with van der Waals surface area (Å²) in [5, 5.41) is 3.46. The van der Waals surface area contributed by atoms with Crippen LogP contribution in [0.3, 0.4) is 0 Å². The van der Waals surface area contributed by atoms with Gasteiger partial charge in [-0.3, -0.25) is 4.90 Å². The van der Waals surface area contributed by atoms with Crippen LogP contribution in [-0.2, 0) is 6.54 Å². The molecule has 0 aliphatic rings. The van der Waals surface area contributed by atoms with Gasteiger partial charge in [0, 0.05) is 30.1 Å². The minimum atomic E-state index is 0.544. The molecule has 0 fully saturated rings. The van der Waals surface area contributed by atoms with Gasteiger partial charge in [-0.25, -0.2) is 0 Å². The Hall–Kier alpha value is -0.580. The molecular weight excluding hydrogens is 304 g/mol. The lowest BCUT2D eigenvalue weighted by atomic mass is 10.2. The SMILES string of the molecule is CCN(CCNC(C)C)Cc1cc(OC)ccc1Br. The van der Waals surface area contributed by atoms with Crippen molar-refractivity contribution < 1.29 is 4.74 Å². The second-order valence-electron chi connectivity index (χ2n) is 4.93. The fraction of sp³-hybridized carbons (Fsp3) is 0.600. The lowest BCUT2D eigenvalue weighted by Crippen LogP contribution is -2.34. The molecule has 0 atom stereocenters. The third-order valence-corrected chi connectivity index (χ3v) is 3.85. The molecule has 4 heteroatoms. The maximum Gasteiger partial charge on any atom is 0.119 e. The second-order valence-corrected chi connectivity index (χ2v) is 5.79. The molecule has 1 aromatic rings. The molecule has 1 aromatic carbocycles. The lowest BCUT2D eigenvalue weighted by Gasteiger charge is -2.22.